The van der Waals surface area contributed by atoms with Crippen molar-refractivity contribution in [3.05, 3.63) is 64.7 Å². The number of aromatic hydroxyl groups is 4. The molecule has 0 spiro atoms. The minimum Gasteiger partial charge on any atom is -0.504 e. The number of ether oxygens (including phenoxy) is 1. The van der Waals surface area contributed by atoms with Gasteiger partial charge in [-0.1, -0.05) is 17.7 Å². The van der Waals surface area contributed by atoms with Gasteiger partial charge in [0.05, 0.1) is 9.79 Å². The van der Waals surface area contributed by atoms with Gasteiger partial charge in [-0.25, -0.2) is 8.42 Å². The second-order valence-electron chi connectivity index (χ2n) is 8.34. The summed E-state index contributed by atoms with van der Waals surface area (Å²) in [6, 6.07) is 9.67. The minimum atomic E-state index is -4.20. The number of phenolic OH excluding ortho intramolecular Hbond substituents is 4. The van der Waals surface area contributed by atoms with Gasteiger partial charge in [-0.15, -0.1) is 0 Å². The van der Waals surface area contributed by atoms with Crippen LogP contribution in [0.15, 0.2) is 52.3 Å². The molecule has 1 aliphatic heterocycles. The molecule has 2 unspecified atom stereocenters. The van der Waals surface area contributed by atoms with Gasteiger partial charge in [0.1, 0.15) is 12.2 Å². The quantitative estimate of drug-likeness (QED) is 0.370. The highest BCUT2D eigenvalue weighted by Crippen LogP contribution is 2.58. The first-order valence-corrected chi connectivity index (χ1v) is 11.3. The normalized spacial score (nSPS) is 21.4. The monoisotopic (exact) mass is 456 g/mol. The van der Waals surface area contributed by atoms with Crippen LogP contribution in [-0.4, -0.2) is 46.2 Å². The van der Waals surface area contributed by atoms with Crippen LogP contribution >= 0.6 is 0 Å². The summed E-state index contributed by atoms with van der Waals surface area (Å²) in [7, 11) is -4.20. The van der Waals surface area contributed by atoms with Crippen LogP contribution in [0.5, 0.6) is 28.7 Å². The zero-order valence-electron chi connectivity index (χ0n) is 16.9. The van der Waals surface area contributed by atoms with E-state index in [1.165, 1.54) is 24.3 Å². The van der Waals surface area contributed by atoms with Crippen LogP contribution in [0, 0.1) is 6.92 Å². The Hall–Kier alpha value is -3.43. The molecule has 5 rings (SSSR count). The van der Waals surface area contributed by atoms with Gasteiger partial charge >= 0.3 is 0 Å². The maximum atomic E-state index is 13.6. The van der Waals surface area contributed by atoms with Crippen LogP contribution in [0.2, 0.25) is 0 Å². The van der Waals surface area contributed by atoms with Gasteiger partial charge in [0.25, 0.3) is 0 Å². The fourth-order valence-electron chi connectivity index (χ4n) is 4.65. The number of rotatable bonds is 2. The lowest BCUT2D eigenvalue weighted by atomic mass is 9.80. The largest absolute Gasteiger partial charge is 0.504 e. The standard InChI is InChI=1S/C23H20O8S/c1-11-2-4-13(5-3-11)32(29,30)18-8-17(26)21(27)22-19(18)20-14-7-16(25)15(24)6-12(14)9-23(20,28)10-31-22/h2-8,20,24-28H,9-10H2,1H3. The van der Waals surface area contributed by atoms with E-state index in [0.717, 1.165) is 11.6 Å². The Morgan fingerprint density at radius 1 is 0.969 bits per heavy atom. The van der Waals surface area contributed by atoms with Crippen LogP contribution in [0.1, 0.15) is 28.2 Å². The molecule has 2 atom stereocenters. The van der Waals surface area contributed by atoms with Crippen LogP contribution in [-0.2, 0) is 16.3 Å². The van der Waals surface area contributed by atoms with Crippen molar-refractivity contribution < 1.29 is 38.7 Å². The summed E-state index contributed by atoms with van der Waals surface area (Å²) in [6.45, 7) is 1.53. The zero-order chi connectivity index (χ0) is 23.0. The van der Waals surface area contributed by atoms with Crippen molar-refractivity contribution in [3.8, 4) is 28.7 Å². The summed E-state index contributed by atoms with van der Waals surface area (Å²) < 4.78 is 32.8. The lowest BCUT2D eigenvalue weighted by Gasteiger charge is -2.37. The average molecular weight is 456 g/mol. The number of aliphatic hydroxyl groups is 1. The molecule has 32 heavy (non-hydrogen) atoms. The number of fused-ring (bicyclic) bond motifs is 5. The van der Waals surface area contributed by atoms with Gasteiger partial charge < -0.3 is 30.3 Å². The molecule has 8 nitrogen and oxygen atoms in total. The summed E-state index contributed by atoms with van der Waals surface area (Å²) in [6.07, 6.45) is 0.0337. The summed E-state index contributed by atoms with van der Waals surface area (Å²) >= 11 is 0. The molecule has 5 N–H and O–H groups in total. The number of phenols is 4. The van der Waals surface area contributed by atoms with Gasteiger partial charge in [-0.3, -0.25) is 0 Å². The van der Waals surface area contributed by atoms with Gasteiger partial charge in [0.2, 0.25) is 15.6 Å². The van der Waals surface area contributed by atoms with Crippen LogP contribution < -0.4 is 4.74 Å². The molecule has 0 aromatic heterocycles. The van der Waals surface area contributed by atoms with E-state index >= 15 is 0 Å². The Kier molecular flexibility index (Phi) is 4.18. The number of aryl methyl sites for hydroxylation is 1. The van der Waals surface area contributed by atoms with Crippen molar-refractivity contribution >= 4 is 9.84 Å². The van der Waals surface area contributed by atoms with Crippen molar-refractivity contribution in [2.45, 2.75) is 34.7 Å². The van der Waals surface area contributed by atoms with E-state index in [1.54, 1.807) is 12.1 Å². The Balaban J connectivity index is 1.83. The number of sulfone groups is 1. The van der Waals surface area contributed by atoms with Crippen molar-refractivity contribution in [3.63, 3.8) is 0 Å². The van der Waals surface area contributed by atoms with Crippen LogP contribution in [0.25, 0.3) is 0 Å². The predicted octanol–water partition coefficient (Wildman–Crippen LogP) is 2.46. The molecule has 0 saturated heterocycles. The van der Waals surface area contributed by atoms with E-state index < -0.39 is 38.6 Å². The number of hydrogen-bond acceptors (Lipinski definition) is 8. The third-order valence-corrected chi connectivity index (χ3v) is 8.00. The topological polar surface area (TPSA) is 145 Å². The SMILES string of the molecule is Cc1ccc(S(=O)(=O)c2cc(O)c(O)c3c2C2c4cc(O)c(O)cc4CC2(O)CO3)cc1. The summed E-state index contributed by atoms with van der Waals surface area (Å²) in [5.74, 6) is -3.34. The molecular weight excluding hydrogens is 436 g/mol. The second kappa shape index (κ2) is 6.54. The zero-order valence-corrected chi connectivity index (χ0v) is 17.7. The van der Waals surface area contributed by atoms with Crippen LogP contribution in [0.3, 0.4) is 0 Å². The maximum absolute atomic E-state index is 13.6. The predicted molar refractivity (Wildman–Crippen MR) is 112 cm³/mol. The smallest absolute Gasteiger partial charge is 0.207 e. The van der Waals surface area contributed by atoms with E-state index in [9.17, 15) is 34.0 Å². The first-order chi connectivity index (χ1) is 15.0. The van der Waals surface area contributed by atoms with Crippen molar-refractivity contribution in [2.75, 3.05) is 6.61 Å². The van der Waals surface area contributed by atoms with Crippen molar-refractivity contribution in [1.82, 2.24) is 0 Å². The lowest BCUT2D eigenvalue weighted by Crippen LogP contribution is -2.44. The fourth-order valence-corrected chi connectivity index (χ4v) is 6.16. The lowest BCUT2D eigenvalue weighted by molar-refractivity contribution is -0.0238. The second-order valence-corrected chi connectivity index (χ2v) is 10.3. The van der Waals surface area contributed by atoms with Gasteiger partial charge in [-0.05, 0) is 42.3 Å². The molecule has 0 bridgehead atoms. The van der Waals surface area contributed by atoms with E-state index in [4.69, 9.17) is 4.74 Å². The molecule has 1 aliphatic carbocycles. The van der Waals surface area contributed by atoms with Crippen molar-refractivity contribution in [2.24, 2.45) is 0 Å². The Morgan fingerprint density at radius 3 is 2.31 bits per heavy atom. The van der Waals surface area contributed by atoms with Crippen molar-refractivity contribution in [1.29, 1.82) is 0 Å². The van der Waals surface area contributed by atoms with E-state index in [1.807, 2.05) is 6.92 Å². The van der Waals surface area contributed by atoms with E-state index in [-0.39, 0.29) is 39.9 Å². The first kappa shape index (κ1) is 20.5. The molecule has 2 aliphatic rings. The molecule has 0 saturated carbocycles. The fraction of sp³-hybridized carbons (Fsp3) is 0.217. The van der Waals surface area contributed by atoms with Crippen LogP contribution in [0.4, 0.5) is 0 Å². The third-order valence-electron chi connectivity index (χ3n) is 6.19. The summed E-state index contributed by atoms with van der Waals surface area (Å²) in [5, 5.41) is 52.1. The maximum Gasteiger partial charge on any atom is 0.207 e. The third kappa shape index (κ3) is 2.74. The van der Waals surface area contributed by atoms with Gasteiger partial charge in [-0.2, -0.15) is 0 Å². The highest BCUT2D eigenvalue weighted by Gasteiger charge is 2.53. The molecule has 9 heteroatoms. The highest BCUT2D eigenvalue weighted by molar-refractivity contribution is 7.91. The Bertz CT molecular complexity index is 1380. The molecule has 3 aromatic carbocycles. The van der Waals surface area contributed by atoms with E-state index in [0.29, 0.717) is 11.1 Å². The highest BCUT2D eigenvalue weighted by atomic mass is 32.2. The summed E-state index contributed by atoms with van der Waals surface area (Å²) in [5.41, 5.74) is 0.167. The summed E-state index contributed by atoms with van der Waals surface area (Å²) in [4.78, 5) is -0.355. The minimum absolute atomic E-state index is 0.0153. The van der Waals surface area contributed by atoms with Gasteiger partial charge in [0.15, 0.2) is 23.0 Å². The Labute approximate surface area is 183 Å². The van der Waals surface area contributed by atoms with E-state index in [2.05, 4.69) is 0 Å². The first-order valence-electron chi connectivity index (χ1n) is 9.83. The molecule has 1 heterocycles. The van der Waals surface area contributed by atoms with Gasteiger partial charge in [0, 0.05) is 24.0 Å². The molecule has 0 amide bonds. The average Bonchev–Trinajstić information content (AvgIpc) is 3.02. The number of benzene rings is 3. The molecule has 3 aromatic rings. The molecule has 166 valence electrons. The molecule has 0 fully saturated rings. The molecular formula is C23H20O8S. The number of hydrogen-bond donors (Lipinski definition) is 5. The molecule has 0 radical (unpaired) electrons. The Morgan fingerprint density at radius 2 is 1.62 bits per heavy atom.